The largest absolute Gasteiger partial charge is 0.0830 e. The lowest BCUT2D eigenvalue weighted by molar-refractivity contribution is 1.59. The lowest BCUT2D eigenvalue weighted by Crippen LogP contribution is -1.76. The predicted octanol–water partition coefficient (Wildman–Crippen LogP) is 5.17. The highest BCUT2D eigenvalue weighted by Gasteiger charge is 2.10. The van der Waals surface area contributed by atoms with Crippen molar-refractivity contribution in [3.63, 3.8) is 0 Å². The summed E-state index contributed by atoms with van der Waals surface area (Å²) in [7, 11) is 0. The zero-order valence-electron chi connectivity index (χ0n) is 4.97. The second kappa shape index (κ2) is 3.84. The van der Waals surface area contributed by atoms with Gasteiger partial charge in [0.1, 0.15) is 0 Å². The highest BCUT2D eigenvalue weighted by atomic mass is 79.9. The summed E-state index contributed by atoms with van der Waals surface area (Å²) in [5.41, 5.74) is 0. The summed E-state index contributed by atoms with van der Waals surface area (Å²) in [6.07, 6.45) is 0. The molecule has 0 heterocycles. The van der Waals surface area contributed by atoms with E-state index in [2.05, 4.69) is 31.9 Å². The van der Waals surface area contributed by atoms with Gasteiger partial charge in [0, 0.05) is 0 Å². The maximum absolute atomic E-state index is 5.79. The zero-order valence-corrected chi connectivity index (χ0v) is 10.4. The minimum Gasteiger partial charge on any atom is -0.0830 e. The van der Waals surface area contributed by atoms with Crippen LogP contribution in [0.3, 0.4) is 0 Å². The van der Waals surface area contributed by atoms with Crippen molar-refractivity contribution in [3.05, 3.63) is 30.1 Å². The van der Waals surface area contributed by atoms with Crippen LogP contribution in [0.2, 0.25) is 15.1 Å². The van der Waals surface area contributed by atoms with Gasteiger partial charge >= 0.3 is 0 Å². The highest BCUT2D eigenvalue weighted by Crippen LogP contribution is 2.40. The van der Waals surface area contributed by atoms with Crippen molar-refractivity contribution in [2.75, 3.05) is 0 Å². The average molecular weight is 339 g/mol. The molecule has 0 bridgehead atoms. The van der Waals surface area contributed by atoms with Crippen molar-refractivity contribution in [2.45, 2.75) is 0 Å². The Morgan fingerprint density at radius 2 is 1.45 bits per heavy atom. The van der Waals surface area contributed by atoms with E-state index in [0.29, 0.717) is 24.0 Å². The number of hydrogen-bond donors (Lipinski definition) is 0. The summed E-state index contributed by atoms with van der Waals surface area (Å²) in [4.78, 5) is 0. The second-order valence-corrected chi connectivity index (χ2v) is 4.56. The molecule has 60 valence electrons. The maximum Gasteiger partial charge on any atom is 0.0746 e. The van der Waals surface area contributed by atoms with Crippen LogP contribution in [0.5, 0.6) is 0 Å². The van der Waals surface area contributed by atoms with Gasteiger partial charge < -0.3 is 0 Å². The fraction of sp³-hybridized carbons (Fsp3) is 0. The van der Waals surface area contributed by atoms with E-state index in [1.54, 1.807) is 6.07 Å². The summed E-state index contributed by atoms with van der Waals surface area (Å²) in [5.74, 6) is 0. The molecule has 0 radical (unpaired) electrons. The van der Waals surface area contributed by atoms with Gasteiger partial charge in [-0.2, -0.15) is 0 Å². The van der Waals surface area contributed by atoms with E-state index in [-0.39, 0.29) is 0 Å². The van der Waals surface area contributed by atoms with Crippen LogP contribution in [-0.2, 0) is 0 Å². The Hall–Kier alpha value is 1.05. The van der Waals surface area contributed by atoms with Gasteiger partial charge in [0.2, 0.25) is 0 Å². The fourth-order valence-corrected chi connectivity index (χ4v) is 2.24. The first-order valence-corrected chi connectivity index (χ1v) is 5.24. The Balaban J connectivity index is 3.46. The molecule has 0 fully saturated rings. The smallest absolute Gasteiger partial charge is 0.0746 e. The third-order valence-electron chi connectivity index (χ3n) is 1.06. The van der Waals surface area contributed by atoms with Gasteiger partial charge in [0.15, 0.2) is 0 Å². The SMILES string of the molecule is Clc1cc(Cl)c(Br)c(Br)c1Cl. The summed E-state index contributed by atoms with van der Waals surface area (Å²) >= 11 is 23.8. The highest BCUT2D eigenvalue weighted by molar-refractivity contribution is 9.13. The molecule has 11 heavy (non-hydrogen) atoms. The molecule has 0 amide bonds. The molecule has 0 aliphatic heterocycles. The molecule has 0 saturated heterocycles. The van der Waals surface area contributed by atoms with Crippen molar-refractivity contribution in [1.29, 1.82) is 0 Å². The Kier molecular flexibility index (Phi) is 3.54. The van der Waals surface area contributed by atoms with E-state index in [9.17, 15) is 0 Å². The minimum atomic E-state index is 0.437. The molecular weight excluding hydrogens is 338 g/mol. The van der Waals surface area contributed by atoms with Crippen LogP contribution in [0, 0.1) is 0 Å². The van der Waals surface area contributed by atoms with Crippen LogP contribution >= 0.6 is 66.7 Å². The number of hydrogen-bond acceptors (Lipinski definition) is 0. The molecule has 1 aromatic rings. The van der Waals surface area contributed by atoms with Gasteiger partial charge in [-0.25, -0.2) is 0 Å². The Bertz CT molecular complexity index is 272. The predicted molar refractivity (Wildman–Crippen MR) is 56.9 cm³/mol. The van der Waals surface area contributed by atoms with Crippen molar-refractivity contribution in [3.8, 4) is 0 Å². The normalized spacial score (nSPS) is 10.3. The molecule has 5 heteroatoms. The van der Waals surface area contributed by atoms with Gasteiger partial charge in [-0.15, -0.1) is 0 Å². The van der Waals surface area contributed by atoms with Gasteiger partial charge in [0.25, 0.3) is 0 Å². The molecular formula is C6HBr2Cl3. The van der Waals surface area contributed by atoms with E-state index in [1.807, 2.05) is 0 Å². The maximum atomic E-state index is 5.79. The van der Waals surface area contributed by atoms with Gasteiger partial charge in [-0.1, -0.05) is 34.8 Å². The van der Waals surface area contributed by atoms with Crippen LogP contribution < -0.4 is 0 Å². The molecule has 0 aliphatic carbocycles. The van der Waals surface area contributed by atoms with Crippen molar-refractivity contribution < 1.29 is 0 Å². The first-order valence-electron chi connectivity index (χ1n) is 2.52. The van der Waals surface area contributed by atoms with Gasteiger partial charge in [-0.3, -0.25) is 0 Å². The standard InChI is InChI=1S/C6HBr2Cl3/c7-4-2(9)1-3(10)6(11)5(4)8/h1H. The molecule has 0 nitrogen and oxygen atoms in total. The third-order valence-corrected chi connectivity index (χ3v) is 4.75. The number of rotatable bonds is 0. The lowest BCUT2D eigenvalue weighted by Gasteiger charge is -2.03. The third kappa shape index (κ3) is 2.04. The molecule has 0 aromatic heterocycles. The molecule has 0 aliphatic rings. The first-order chi connectivity index (χ1) is 5.04. The fourth-order valence-electron chi connectivity index (χ4n) is 0.544. The number of halogens is 5. The first kappa shape index (κ1) is 10.1. The van der Waals surface area contributed by atoms with Crippen molar-refractivity contribution in [1.82, 2.24) is 0 Å². The lowest BCUT2D eigenvalue weighted by atomic mass is 10.4. The summed E-state index contributed by atoms with van der Waals surface area (Å²) in [6, 6.07) is 1.58. The van der Waals surface area contributed by atoms with Crippen molar-refractivity contribution >= 4 is 66.7 Å². The molecule has 0 spiro atoms. The Morgan fingerprint density at radius 1 is 0.909 bits per heavy atom. The molecule has 1 rings (SSSR count). The Morgan fingerprint density at radius 3 is 2.00 bits per heavy atom. The second-order valence-electron chi connectivity index (χ2n) is 1.78. The summed E-state index contributed by atoms with van der Waals surface area (Å²) in [5, 5.41) is 1.43. The molecule has 0 N–H and O–H groups in total. The quantitative estimate of drug-likeness (QED) is 0.452. The van der Waals surface area contributed by atoms with E-state index in [4.69, 9.17) is 34.8 Å². The van der Waals surface area contributed by atoms with E-state index >= 15 is 0 Å². The Labute approximate surface area is 96.1 Å². The van der Waals surface area contributed by atoms with Crippen LogP contribution in [0.25, 0.3) is 0 Å². The van der Waals surface area contributed by atoms with E-state index in [1.165, 1.54) is 0 Å². The van der Waals surface area contributed by atoms with Crippen molar-refractivity contribution in [2.24, 2.45) is 0 Å². The summed E-state index contributed by atoms with van der Waals surface area (Å²) < 4.78 is 1.39. The topological polar surface area (TPSA) is 0 Å². The van der Waals surface area contributed by atoms with Crippen LogP contribution in [0.1, 0.15) is 0 Å². The minimum absolute atomic E-state index is 0.437. The number of benzene rings is 1. The molecule has 0 unspecified atom stereocenters. The monoisotopic (exact) mass is 336 g/mol. The zero-order chi connectivity index (χ0) is 8.59. The van der Waals surface area contributed by atoms with Crippen LogP contribution in [-0.4, -0.2) is 0 Å². The van der Waals surface area contributed by atoms with E-state index in [0.717, 1.165) is 0 Å². The van der Waals surface area contributed by atoms with Gasteiger partial charge in [-0.05, 0) is 37.9 Å². The van der Waals surface area contributed by atoms with Crippen LogP contribution in [0.4, 0.5) is 0 Å². The van der Waals surface area contributed by atoms with E-state index < -0.39 is 0 Å². The van der Waals surface area contributed by atoms with Gasteiger partial charge in [0.05, 0.1) is 24.0 Å². The van der Waals surface area contributed by atoms with Crippen LogP contribution in [0.15, 0.2) is 15.0 Å². The average Bonchev–Trinajstić information content (AvgIpc) is 1.97. The molecule has 0 atom stereocenters. The molecule has 1 aromatic carbocycles. The summed E-state index contributed by atoms with van der Waals surface area (Å²) in [6.45, 7) is 0. The molecule has 0 saturated carbocycles.